The third kappa shape index (κ3) is 7.52. The third-order valence-corrected chi connectivity index (χ3v) is 4.25. The van der Waals surface area contributed by atoms with Crippen LogP contribution in [0, 0.1) is 0 Å². The van der Waals surface area contributed by atoms with Gasteiger partial charge in [0.2, 0.25) is 0 Å². The molecule has 0 aromatic heterocycles. The van der Waals surface area contributed by atoms with E-state index in [-0.39, 0.29) is 30.8 Å². The number of carbonyl (C=O) groups is 1. The molecule has 0 aromatic carbocycles. The Morgan fingerprint density at radius 3 is 2.09 bits per heavy atom. The fourth-order valence-corrected chi connectivity index (χ4v) is 3.34. The van der Waals surface area contributed by atoms with Crippen molar-refractivity contribution in [3.05, 3.63) is 12.2 Å². The second-order valence-electron chi connectivity index (χ2n) is 6.09. The molecule has 8 heteroatoms. The maximum Gasteiger partial charge on any atom is 0.368 e. The van der Waals surface area contributed by atoms with Crippen molar-refractivity contribution in [1.29, 1.82) is 0 Å². The standard InChI is InChI=1S/C15H28NO6P/c1-8-21-15(22-9-2,11-20-14(18)12(3)4)23(19)13(17)10-16(5,6)7/h3,8-11H2,1-2,4-7H3/p+1. The smallest absolute Gasteiger partial charge is 0.368 e. The summed E-state index contributed by atoms with van der Waals surface area (Å²) in [5.41, 5.74) is -1.74. The number of hydrogen-bond acceptors (Lipinski definition) is 5. The number of hydrogen-bond donors (Lipinski definition) is 1. The molecule has 1 N–H and O–H groups in total. The van der Waals surface area contributed by atoms with E-state index in [9.17, 15) is 14.8 Å². The number of likely N-dealkylation sites (N-methyl/N-ethyl adjacent to an activating group) is 1. The van der Waals surface area contributed by atoms with Crippen molar-refractivity contribution in [3.63, 3.8) is 0 Å². The van der Waals surface area contributed by atoms with Crippen LogP contribution in [-0.2, 0) is 19.0 Å². The van der Waals surface area contributed by atoms with E-state index in [0.717, 1.165) is 0 Å². The highest BCUT2D eigenvalue weighted by Gasteiger charge is 2.46. The molecule has 134 valence electrons. The van der Waals surface area contributed by atoms with Crippen molar-refractivity contribution in [1.82, 2.24) is 0 Å². The summed E-state index contributed by atoms with van der Waals surface area (Å²) in [6.45, 7) is 8.54. The molecule has 23 heavy (non-hydrogen) atoms. The van der Waals surface area contributed by atoms with E-state index in [1.165, 1.54) is 6.92 Å². The molecular weight excluding hydrogens is 321 g/mol. The molecule has 0 saturated heterocycles. The number of rotatable bonds is 10. The average Bonchev–Trinajstić information content (AvgIpc) is 2.42. The Labute approximate surface area is 139 Å². The molecule has 0 amide bonds. The third-order valence-electron chi connectivity index (χ3n) is 2.63. The highest BCUT2D eigenvalue weighted by Crippen LogP contribution is 2.38. The van der Waals surface area contributed by atoms with Gasteiger partial charge in [-0.25, -0.2) is 4.79 Å². The summed E-state index contributed by atoms with van der Waals surface area (Å²) in [6, 6.07) is 0. The minimum Gasteiger partial charge on any atom is -0.624 e. The van der Waals surface area contributed by atoms with Gasteiger partial charge in [0.1, 0.15) is 0 Å². The lowest BCUT2D eigenvalue weighted by atomic mass is 10.4. The normalized spacial score (nSPS) is 13.6. The predicted molar refractivity (Wildman–Crippen MR) is 88.5 cm³/mol. The summed E-state index contributed by atoms with van der Waals surface area (Å²) in [5.74, 6) is -0.636. The lowest BCUT2D eigenvalue weighted by molar-refractivity contribution is -0.861. The van der Waals surface area contributed by atoms with Gasteiger partial charge in [0.15, 0.2) is 20.9 Å². The summed E-state index contributed by atoms with van der Waals surface area (Å²) >= 11 is 0. The van der Waals surface area contributed by atoms with Crippen molar-refractivity contribution >= 4 is 19.2 Å². The first-order valence-electron chi connectivity index (χ1n) is 7.42. The molecule has 0 aromatic rings. The van der Waals surface area contributed by atoms with Gasteiger partial charge in [0, 0.05) is 5.57 Å². The molecule has 1 unspecified atom stereocenters. The maximum atomic E-state index is 12.8. The number of ether oxygens (including phenoxy) is 3. The Kier molecular flexibility index (Phi) is 9.13. The highest BCUT2D eigenvalue weighted by molar-refractivity contribution is 7.52. The van der Waals surface area contributed by atoms with E-state index in [4.69, 9.17) is 14.2 Å². The first-order chi connectivity index (χ1) is 10.5. The Hall–Kier alpha value is -0.820. The van der Waals surface area contributed by atoms with E-state index in [1.807, 2.05) is 21.1 Å². The van der Waals surface area contributed by atoms with Gasteiger partial charge in [-0.2, -0.15) is 0 Å². The monoisotopic (exact) mass is 350 g/mol. The van der Waals surface area contributed by atoms with E-state index >= 15 is 0 Å². The van der Waals surface area contributed by atoms with Gasteiger partial charge in [0.05, 0.1) is 34.4 Å². The van der Waals surface area contributed by atoms with Gasteiger partial charge < -0.3 is 28.7 Å². The van der Waals surface area contributed by atoms with Gasteiger partial charge >= 0.3 is 11.5 Å². The number of nitrogens with zero attached hydrogens (tertiary/aromatic N) is 1. The summed E-state index contributed by atoms with van der Waals surface area (Å²) < 4.78 is 16.4. The fraction of sp³-hybridized carbons (Fsp3) is 0.733. The van der Waals surface area contributed by atoms with Crippen LogP contribution in [0.3, 0.4) is 0 Å². The van der Waals surface area contributed by atoms with Crippen LogP contribution < -0.4 is 4.89 Å². The summed E-state index contributed by atoms with van der Waals surface area (Å²) in [6.07, 6.45) is 0. The van der Waals surface area contributed by atoms with Crippen LogP contribution in [0.5, 0.6) is 0 Å². The number of aliphatic hydroxyl groups excluding tert-OH is 1. The molecule has 0 aliphatic carbocycles. The number of esters is 1. The quantitative estimate of drug-likeness (QED) is 0.206. The molecule has 0 spiro atoms. The van der Waals surface area contributed by atoms with Crippen molar-refractivity contribution in [2.45, 2.75) is 26.3 Å². The lowest BCUT2D eigenvalue weighted by Crippen LogP contribution is -2.45. The second-order valence-corrected chi connectivity index (χ2v) is 7.88. The van der Waals surface area contributed by atoms with E-state index < -0.39 is 25.9 Å². The summed E-state index contributed by atoms with van der Waals surface area (Å²) in [5, 5.41) is 10.2. The van der Waals surface area contributed by atoms with Crippen LogP contribution in [0.2, 0.25) is 0 Å². The minimum absolute atomic E-state index is 0.158. The number of quaternary nitrogens is 1. The maximum absolute atomic E-state index is 12.8. The molecule has 0 heterocycles. The van der Waals surface area contributed by atoms with Crippen molar-refractivity contribution in [2.24, 2.45) is 0 Å². The number of carbonyl (C=O) groups excluding carboxylic acids is 1. The summed E-state index contributed by atoms with van der Waals surface area (Å²) in [7, 11) is 3.09. The van der Waals surface area contributed by atoms with Crippen LogP contribution in [0.25, 0.3) is 0 Å². The largest absolute Gasteiger partial charge is 0.624 e. The molecular formula is C15H29NO6P+. The first-order valence-corrected chi connectivity index (χ1v) is 8.68. The summed E-state index contributed by atoms with van der Waals surface area (Å²) in [4.78, 5) is 24.4. The van der Waals surface area contributed by atoms with Crippen LogP contribution in [-0.4, -0.2) is 74.1 Å². The fourth-order valence-electron chi connectivity index (χ4n) is 1.72. The predicted octanol–water partition coefficient (Wildman–Crippen LogP) is 0.798. The van der Waals surface area contributed by atoms with Gasteiger partial charge in [-0.3, -0.25) is 0 Å². The Morgan fingerprint density at radius 2 is 1.74 bits per heavy atom. The van der Waals surface area contributed by atoms with Gasteiger partial charge in [0.25, 0.3) is 5.48 Å². The molecule has 0 saturated carbocycles. The molecule has 0 aliphatic heterocycles. The lowest BCUT2D eigenvalue weighted by Gasteiger charge is -2.30. The van der Waals surface area contributed by atoms with Gasteiger partial charge in [-0.15, -0.1) is 0 Å². The Bertz CT molecular complexity index is 449. The zero-order chi connectivity index (χ0) is 18.3. The van der Waals surface area contributed by atoms with Crippen LogP contribution in [0.4, 0.5) is 0 Å². The van der Waals surface area contributed by atoms with Gasteiger partial charge in [-0.1, -0.05) is 6.58 Å². The topological polar surface area (TPSA) is 88.1 Å². The molecule has 7 nitrogen and oxygen atoms in total. The molecule has 0 aliphatic rings. The van der Waals surface area contributed by atoms with E-state index in [1.54, 1.807) is 13.8 Å². The highest BCUT2D eigenvalue weighted by atomic mass is 31.1. The van der Waals surface area contributed by atoms with E-state index in [2.05, 4.69) is 6.58 Å². The number of aliphatic hydroxyl groups is 1. The second kappa shape index (κ2) is 9.47. The van der Waals surface area contributed by atoms with E-state index in [0.29, 0.717) is 4.48 Å². The van der Waals surface area contributed by atoms with Crippen molar-refractivity contribution < 1.29 is 33.5 Å². The van der Waals surface area contributed by atoms with Gasteiger partial charge in [-0.05, 0) is 20.8 Å². The molecule has 0 bridgehead atoms. The molecule has 1 atom stereocenters. The van der Waals surface area contributed by atoms with Crippen molar-refractivity contribution in [2.75, 3.05) is 47.5 Å². The van der Waals surface area contributed by atoms with Crippen LogP contribution >= 0.6 is 7.77 Å². The first kappa shape index (κ1) is 22.2. The Morgan fingerprint density at radius 1 is 1.26 bits per heavy atom. The van der Waals surface area contributed by atoms with Crippen molar-refractivity contribution in [3.8, 4) is 0 Å². The average molecular weight is 350 g/mol. The Balaban J connectivity index is 5.58. The zero-order valence-electron chi connectivity index (χ0n) is 14.9. The minimum atomic E-state index is -2.46. The zero-order valence-corrected chi connectivity index (χ0v) is 15.8. The van der Waals surface area contributed by atoms with Crippen LogP contribution in [0.15, 0.2) is 12.2 Å². The SMILES string of the molecule is C=C(C)C(=O)OCC(OCC)(OCC)/[P+]([O-])=C(\O)C[N+](C)(C)C. The molecule has 0 radical (unpaired) electrons. The van der Waals surface area contributed by atoms with Crippen LogP contribution in [0.1, 0.15) is 20.8 Å². The molecule has 0 fully saturated rings. The molecule has 0 rings (SSSR count).